The molecule has 1 aliphatic rings. The van der Waals surface area contributed by atoms with E-state index in [1.807, 2.05) is 0 Å². The van der Waals surface area contributed by atoms with Gasteiger partial charge in [0.1, 0.15) is 0 Å². The summed E-state index contributed by atoms with van der Waals surface area (Å²) in [6.07, 6.45) is 3.07. The minimum atomic E-state index is -0.194. The Bertz CT molecular complexity index is 492. The molecule has 0 saturated heterocycles. The van der Waals surface area contributed by atoms with Crippen LogP contribution < -0.4 is 10.6 Å². The summed E-state index contributed by atoms with van der Waals surface area (Å²) in [4.78, 5) is 14.3. The fourth-order valence-electron chi connectivity index (χ4n) is 3.11. The van der Waals surface area contributed by atoms with E-state index in [1.54, 1.807) is 0 Å². The summed E-state index contributed by atoms with van der Waals surface area (Å²) < 4.78 is 0. The van der Waals surface area contributed by atoms with Gasteiger partial charge in [0.2, 0.25) is 0 Å². The highest BCUT2D eigenvalue weighted by atomic mass is 16.3. The quantitative estimate of drug-likeness (QED) is 0.719. The van der Waals surface area contributed by atoms with Crippen LogP contribution in [0.5, 0.6) is 0 Å². The van der Waals surface area contributed by atoms with E-state index in [4.69, 9.17) is 0 Å². The van der Waals surface area contributed by atoms with Gasteiger partial charge in [0.15, 0.2) is 0 Å². The van der Waals surface area contributed by atoms with Gasteiger partial charge >= 0.3 is 6.03 Å². The van der Waals surface area contributed by atoms with Crippen LogP contribution in [0.1, 0.15) is 50.7 Å². The molecule has 0 heterocycles. The van der Waals surface area contributed by atoms with Crippen LogP contribution in [0.15, 0.2) is 24.3 Å². The van der Waals surface area contributed by atoms with Gasteiger partial charge in [-0.3, -0.25) is 4.90 Å². The highest BCUT2D eigenvalue weighted by Crippen LogP contribution is 2.18. The third kappa shape index (κ3) is 6.13. The lowest BCUT2D eigenvalue weighted by molar-refractivity contribution is 0.117. The van der Waals surface area contributed by atoms with Crippen molar-refractivity contribution in [3.63, 3.8) is 0 Å². The molecule has 2 amide bonds. The molecule has 0 spiro atoms. The average Bonchev–Trinajstić information content (AvgIpc) is 2.61. The van der Waals surface area contributed by atoms with Gasteiger partial charge < -0.3 is 15.7 Å². The summed E-state index contributed by atoms with van der Waals surface area (Å²) in [5.74, 6) is 0. The van der Waals surface area contributed by atoms with Crippen LogP contribution in [-0.4, -0.2) is 41.3 Å². The molecule has 24 heavy (non-hydrogen) atoms. The lowest BCUT2D eigenvalue weighted by Crippen LogP contribution is -2.43. The molecule has 5 heteroatoms. The Hall–Kier alpha value is -1.59. The van der Waals surface area contributed by atoms with Gasteiger partial charge in [-0.25, -0.2) is 4.79 Å². The molecule has 1 saturated carbocycles. The molecule has 1 fully saturated rings. The Labute approximate surface area is 145 Å². The summed E-state index contributed by atoms with van der Waals surface area (Å²) in [6, 6.07) is 8.49. The van der Waals surface area contributed by atoms with Crippen LogP contribution in [0.2, 0.25) is 0 Å². The summed E-state index contributed by atoms with van der Waals surface area (Å²) in [6.45, 7) is 7.96. The number of rotatable bonds is 7. The topological polar surface area (TPSA) is 64.6 Å². The molecule has 0 aromatic heterocycles. The van der Waals surface area contributed by atoms with E-state index in [0.29, 0.717) is 6.54 Å². The predicted octanol–water partition coefficient (Wildman–Crippen LogP) is 2.63. The van der Waals surface area contributed by atoms with Crippen molar-refractivity contribution >= 4 is 6.03 Å². The van der Waals surface area contributed by atoms with Gasteiger partial charge in [0, 0.05) is 19.1 Å². The number of amides is 2. The Morgan fingerprint density at radius 2 is 1.67 bits per heavy atom. The van der Waals surface area contributed by atoms with E-state index in [2.05, 4.69) is 53.6 Å². The van der Waals surface area contributed by atoms with E-state index >= 15 is 0 Å². The smallest absolute Gasteiger partial charge is 0.315 e. The third-order valence-electron chi connectivity index (χ3n) is 4.81. The highest BCUT2D eigenvalue weighted by molar-refractivity contribution is 5.74. The second-order valence-electron chi connectivity index (χ2n) is 6.61. The molecule has 0 bridgehead atoms. The second-order valence-corrected chi connectivity index (χ2v) is 6.61. The predicted molar refractivity (Wildman–Crippen MR) is 96.7 cm³/mol. The lowest BCUT2D eigenvalue weighted by Gasteiger charge is -2.26. The monoisotopic (exact) mass is 333 g/mol. The molecule has 3 N–H and O–H groups in total. The maximum atomic E-state index is 12.0. The molecule has 0 aliphatic heterocycles. The van der Waals surface area contributed by atoms with E-state index in [0.717, 1.165) is 50.9 Å². The number of urea groups is 1. The standard InChI is InChI=1S/C19H31N3O2/c1-3-22(4-2)14-16-7-5-15(6-8-16)13-20-19(24)21-17-9-11-18(23)12-10-17/h5-8,17-18,23H,3-4,9-14H2,1-2H3,(H2,20,21,24). The first-order valence-electron chi connectivity index (χ1n) is 9.13. The fraction of sp³-hybridized carbons (Fsp3) is 0.632. The first-order chi connectivity index (χ1) is 11.6. The lowest BCUT2D eigenvalue weighted by atomic mass is 9.93. The van der Waals surface area contributed by atoms with Crippen molar-refractivity contribution in [2.45, 2.75) is 64.8 Å². The van der Waals surface area contributed by atoms with Crippen molar-refractivity contribution in [1.29, 1.82) is 0 Å². The molecule has 2 rings (SSSR count). The minimum Gasteiger partial charge on any atom is -0.393 e. The van der Waals surface area contributed by atoms with E-state index in [1.165, 1.54) is 5.56 Å². The van der Waals surface area contributed by atoms with E-state index in [-0.39, 0.29) is 18.2 Å². The number of aliphatic hydroxyl groups excluding tert-OH is 1. The van der Waals surface area contributed by atoms with Crippen LogP contribution in [0.25, 0.3) is 0 Å². The Kier molecular flexibility index (Phi) is 7.53. The van der Waals surface area contributed by atoms with Gasteiger partial charge in [0.05, 0.1) is 6.10 Å². The van der Waals surface area contributed by atoms with Gasteiger partial charge in [-0.2, -0.15) is 0 Å². The number of benzene rings is 1. The van der Waals surface area contributed by atoms with Crippen LogP contribution in [0.3, 0.4) is 0 Å². The Morgan fingerprint density at radius 1 is 1.08 bits per heavy atom. The van der Waals surface area contributed by atoms with Crippen molar-refractivity contribution in [2.24, 2.45) is 0 Å². The largest absolute Gasteiger partial charge is 0.393 e. The summed E-state index contributed by atoms with van der Waals surface area (Å²) in [5, 5.41) is 15.4. The first-order valence-corrected chi connectivity index (χ1v) is 9.13. The molecular weight excluding hydrogens is 302 g/mol. The Balaban J connectivity index is 1.72. The number of nitrogens with one attached hydrogen (secondary N) is 2. The first kappa shape index (κ1) is 18.7. The summed E-state index contributed by atoms with van der Waals surface area (Å²) in [5.41, 5.74) is 2.40. The van der Waals surface area contributed by atoms with Crippen LogP contribution in [0, 0.1) is 0 Å². The average molecular weight is 333 g/mol. The van der Waals surface area contributed by atoms with Crippen LogP contribution >= 0.6 is 0 Å². The third-order valence-corrected chi connectivity index (χ3v) is 4.81. The van der Waals surface area contributed by atoms with Crippen molar-refractivity contribution in [3.8, 4) is 0 Å². The van der Waals surface area contributed by atoms with Crippen molar-refractivity contribution in [2.75, 3.05) is 13.1 Å². The molecule has 1 aliphatic carbocycles. The number of hydrogen-bond donors (Lipinski definition) is 3. The second kappa shape index (κ2) is 9.64. The van der Waals surface area contributed by atoms with E-state index in [9.17, 15) is 9.90 Å². The molecule has 5 nitrogen and oxygen atoms in total. The van der Waals surface area contributed by atoms with Crippen molar-refractivity contribution in [3.05, 3.63) is 35.4 Å². The van der Waals surface area contributed by atoms with Gasteiger partial charge in [-0.1, -0.05) is 38.1 Å². The van der Waals surface area contributed by atoms with Crippen molar-refractivity contribution < 1.29 is 9.90 Å². The maximum absolute atomic E-state index is 12.0. The molecule has 134 valence electrons. The zero-order valence-electron chi connectivity index (χ0n) is 14.9. The van der Waals surface area contributed by atoms with Gasteiger partial charge in [-0.05, 0) is 49.9 Å². The number of carbonyl (C=O) groups excluding carboxylic acids is 1. The molecule has 0 unspecified atom stereocenters. The molecule has 1 aromatic rings. The van der Waals surface area contributed by atoms with Gasteiger partial charge in [-0.15, -0.1) is 0 Å². The summed E-state index contributed by atoms with van der Waals surface area (Å²) in [7, 11) is 0. The zero-order chi connectivity index (χ0) is 17.4. The molecule has 1 aromatic carbocycles. The summed E-state index contributed by atoms with van der Waals surface area (Å²) >= 11 is 0. The highest BCUT2D eigenvalue weighted by Gasteiger charge is 2.20. The van der Waals surface area contributed by atoms with E-state index < -0.39 is 0 Å². The van der Waals surface area contributed by atoms with Gasteiger partial charge in [0.25, 0.3) is 0 Å². The van der Waals surface area contributed by atoms with Crippen LogP contribution in [-0.2, 0) is 13.1 Å². The normalized spacial score (nSPS) is 20.8. The van der Waals surface area contributed by atoms with Crippen LogP contribution in [0.4, 0.5) is 4.79 Å². The Morgan fingerprint density at radius 3 is 2.25 bits per heavy atom. The number of nitrogens with zero attached hydrogens (tertiary/aromatic N) is 1. The zero-order valence-corrected chi connectivity index (χ0v) is 14.9. The molecule has 0 radical (unpaired) electrons. The van der Waals surface area contributed by atoms with Crippen molar-refractivity contribution in [1.82, 2.24) is 15.5 Å². The molecule has 0 atom stereocenters. The maximum Gasteiger partial charge on any atom is 0.315 e. The fourth-order valence-corrected chi connectivity index (χ4v) is 3.11. The number of aliphatic hydroxyl groups is 1. The SMILES string of the molecule is CCN(CC)Cc1ccc(CNC(=O)NC2CCC(O)CC2)cc1. The minimum absolute atomic E-state index is 0.122. The molecular formula is C19H31N3O2. The number of carbonyl (C=O) groups is 1. The number of hydrogen-bond acceptors (Lipinski definition) is 3.